The molecule has 1 aliphatic heterocycles. The van der Waals surface area contributed by atoms with Gasteiger partial charge in [-0.05, 0) is 67.3 Å². The van der Waals surface area contributed by atoms with Crippen LogP contribution in [0.1, 0.15) is 49.7 Å². The van der Waals surface area contributed by atoms with Crippen molar-refractivity contribution in [1.29, 1.82) is 0 Å². The van der Waals surface area contributed by atoms with Crippen LogP contribution in [0.5, 0.6) is 0 Å². The molecule has 2 aromatic rings. The summed E-state index contributed by atoms with van der Waals surface area (Å²) in [6, 6.07) is 10.4. The van der Waals surface area contributed by atoms with Crippen molar-refractivity contribution >= 4 is 17.5 Å². The smallest absolute Gasteiger partial charge is 0.223 e. The van der Waals surface area contributed by atoms with Gasteiger partial charge in [0, 0.05) is 42.2 Å². The molecule has 5 nitrogen and oxygen atoms in total. The number of aromatic nitrogens is 2. The first-order chi connectivity index (χ1) is 13.6. The monoisotopic (exact) mass is 398 g/mol. The van der Waals surface area contributed by atoms with Gasteiger partial charge in [-0.1, -0.05) is 23.7 Å². The maximum atomic E-state index is 12.5. The fourth-order valence-corrected chi connectivity index (χ4v) is 5.26. The second-order valence-corrected chi connectivity index (χ2v) is 8.65. The molecule has 148 valence electrons. The Kier molecular flexibility index (Phi) is 5.65. The lowest BCUT2D eigenvalue weighted by Crippen LogP contribution is -2.44. The third-order valence-electron chi connectivity index (χ3n) is 6.73. The minimum Gasteiger partial charge on any atom is -0.335 e. The largest absolute Gasteiger partial charge is 0.335 e. The molecule has 0 radical (unpaired) electrons. The van der Waals surface area contributed by atoms with E-state index in [1.807, 2.05) is 18.2 Å². The standard InChI is InChI=1S/C22H27ClN4O/c23-19-3-1-2-18(12-19)22(15-24)9-6-17(7-10-22)20-4-5-21(28)27(20)14-16-8-11-25-26-13-16/h1-3,8,11-13,17,20H,4-7,9-10,14-15,24H2/t17-,20?,22-. The Morgan fingerprint density at radius 1 is 1.18 bits per heavy atom. The average Bonchev–Trinajstić information content (AvgIpc) is 3.09. The van der Waals surface area contributed by atoms with Gasteiger partial charge >= 0.3 is 0 Å². The zero-order chi connectivity index (χ0) is 19.6. The predicted octanol–water partition coefficient (Wildman–Crippen LogP) is 3.71. The number of hydrogen-bond acceptors (Lipinski definition) is 4. The maximum Gasteiger partial charge on any atom is 0.223 e. The zero-order valence-corrected chi connectivity index (χ0v) is 16.8. The molecular formula is C22H27ClN4O. The van der Waals surface area contributed by atoms with Crippen LogP contribution >= 0.6 is 11.6 Å². The highest BCUT2D eigenvalue weighted by atomic mass is 35.5. The van der Waals surface area contributed by atoms with Crippen LogP contribution in [-0.2, 0) is 16.8 Å². The quantitative estimate of drug-likeness (QED) is 0.833. The van der Waals surface area contributed by atoms with E-state index in [-0.39, 0.29) is 11.3 Å². The number of benzene rings is 1. The van der Waals surface area contributed by atoms with Crippen molar-refractivity contribution in [1.82, 2.24) is 15.1 Å². The molecule has 2 heterocycles. The summed E-state index contributed by atoms with van der Waals surface area (Å²) in [4.78, 5) is 14.6. The van der Waals surface area contributed by atoms with Gasteiger partial charge in [-0.15, -0.1) is 0 Å². The highest BCUT2D eigenvalue weighted by Gasteiger charge is 2.42. The number of amides is 1. The molecule has 1 amide bonds. The van der Waals surface area contributed by atoms with Crippen LogP contribution < -0.4 is 5.73 Å². The van der Waals surface area contributed by atoms with E-state index < -0.39 is 0 Å². The lowest BCUT2D eigenvalue weighted by Gasteiger charge is -2.43. The molecule has 0 spiro atoms. The summed E-state index contributed by atoms with van der Waals surface area (Å²) in [6.07, 6.45) is 9.31. The van der Waals surface area contributed by atoms with Gasteiger partial charge in [0.05, 0.1) is 6.20 Å². The lowest BCUT2D eigenvalue weighted by atomic mass is 9.65. The van der Waals surface area contributed by atoms with E-state index in [2.05, 4.69) is 27.2 Å². The van der Waals surface area contributed by atoms with Crippen LogP contribution in [0, 0.1) is 5.92 Å². The van der Waals surface area contributed by atoms with Crippen LogP contribution in [0.3, 0.4) is 0 Å². The Hall–Kier alpha value is -1.98. The number of likely N-dealkylation sites (tertiary alicyclic amines) is 1. The molecule has 1 aliphatic carbocycles. The molecule has 28 heavy (non-hydrogen) atoms. The molecule has 1 atom stereocenters. The van der Waals surface area contributed by atoms with Gasteiger partial charge in [0.25, 0.3) is 0 Å². The van der Waals surface area contributed by atoms with Gasteiger partial charge in [-0.25, -0.2) is 0 Å². The van der Waals surface area contributed by atoms with Crippen LogP contribution in [-0.4, -0.2) is 33.6 Å². The minimum absolute atomic E-state index is 0.00383. The Bertz CT molecular complexity index is 820. The molecular weight excluding hydrogens is 372 g/mol. The van der Waals surface area contributed by atoms with E-state index in [0.717, 1.165) is 42.7 Å². The van der Waals surface area contributed by atoms with E-state index in [9.17, 15) is 4.79 Å². The summed E-state index contributed by atoms with van der Waals surface area (Å²) >= 11 is 6.23. The highest BCUT2D eigenvalue weighted by molar-refractivity contribution is 6.30. The number of rotatable bonds is 5. The molecule has 2 fully saturated rings. The normalized spacial score (nSPS) is 27.9. The van der Waals surface area contributed by atoms with Crippen LogP contribution in [0.2, 0.25) is 5.02 Å². The van der Waals surface area contributed by atoms with Crippen LogP contribution in [0.15, 0.2) is 42.7 Å². The SMILES string of the molecule is NC[C@]1(c2cccc(Cl)c2)CC[C@H](C2CCC(=O)N2Cc2ccnnc2)CC1. The first-order valence-electron chi connectivity index (χ1n) is 10.1. The number of halogens is 1. The van der Waals surface area contributed by atoms with Crippen molar-refractivity contribution in [2.45, 2.75) is 56.5 Å². The first kappa shape index (κ1) is 19.3. The molecule has 4 rings (SSSR count). The van der Waals surface area contributed by atoms with Gasteiger partial charge < -0.3 is 10.6 Å². The highest BCUT2D eigenvalue weighted by Crippen LogP contribution is 2.45. The zero-order valence-electron chi connectivity index (χ0n) is 16.1. The number of carbonyl (C=O) groups is 1. The van der Waals surface area contributed by atoms with Crippen molar-refractivity contribution in [2.75, 3.05) is 6.54 Å². The molecule has 2 N–H and O–H groups in total. The van der Waals surface area contributed by atoms with Crippen molar-refractivity contribution < 1.29 is 4.79 Å². The van der Waals surface area contributed by atoms with Crippen LogP contribution in [0.4, 0.5) is 0 Å². The number of nitrogens with two attached hydrogens (primary N) is 1. The number of nitrogens with zero attached hydrogens (tertiary/aromatic N) is 3. The Balaban J connectivity index is 1.47. The van der Waals surface area contributed by atoms with Gasteiger partial charge in [-0.3, -0.25) is 4.79 Å². The van der Waals surface area contributed by atoms with Crippen molar-refractivity contribution in [3.05, 3.63) is 58.9 Å². The van der Waals surface area contributed by atoms with Gasteiger partial charge in [-0.2, -0.15) is 10.2 Å². The van der Waals surface area contributed by atoms with E-state index >= 15 is 0 Å². The van der Waals surface area contributed by atoms with E-state index in [4.69, 9.17) is 17.3 Å². The summed E-state index contributed by atoms with van der Waals surface area (Å²) in [7, 11) is 0. The molecule has 1 saturated carbocycles. The third kappa shape index (κ3) is 3.78. The van der Waals surface area contributed by atoms with Gasteiger partial charge in [0.15, 0.2) is 0 Å². The summed E-state index contributed by atoms with van der Waals surface area (Å²) in [5, 5.41) is 8.55. The predicted molar refractivity (Wildman–Crippen MR) is 110 cm³/mol. The fourth-order valence-electron chi connectivity index (χ4n) is 5.07. The molecule has 1 aromatic carbocycles. The minimum atomic E-state index is 0.00383. The molecule has 1 unspecified atom stereocenters. The average molecular weight is 399 g/mol. The molecule has 1 saturated heterocycles. The third-order valence-corrected chi connectivity index (χ3v) is 6.97. The summed E-state index contributed by atoms with van der Waals surface area (Å²) < 4.78 is 0. The molecule has 1 aromatic heterocycles. The maximum absolute atomic E-state index is 12.5. The fraction of sp³-hybridized carbons (Fsp3) is 0.500. The summed E-state index contributed by atoms with van der Waals surface area (Å²) in [5.41, 5.74) is 8.55. The van der Waals surface area contributed by atoms with Crippen molar-refractivity contribution in [3.63, 3.8) is 0 Å². The van der Waals surface area contributed by atoms with Crippen molar-refractivity contribution in [2.24, 2.45) is 11.7 Å². The molecule has 0 bridgehead atoms. The summed E-state index contributed by atoms with van der Waals surface area (Å²) in [6.45, 7) is 1.27. The Morgan fingerprint density at radius 2 is 2.00 bits per heavy atom. The van der Waals surface area contributed by atoms with Gasteiger partial charge in [0.1, 0.15) is 0 Å². The second kappa shape index (κ2) is 8.18. The first-order valence-corrected chi connectivity index (χ1v) is 10.5. The molecule has 2 aliphatic rings. The number of carbonyl (C=O) groups excluding carboxylic acids is 1. The lowest BCUT2D eigenvalue weighted by molar-refractivity contribution is -0.130. The van der Waals surface area contributed by atoms with Gasteiger partial charge in [0.2, 0.25) is 5.91 Å². The number of hydrogen-bond donors (Lipinski definition) is 1. The van der Waals surface area contributed by atoms with Crippen LogP contribution in [0.25, 0.3) is 0 Å². The van der Waals surface area contributed by atoms with E-state index in [1.165, 1.54) is 5.56 Å². The Labute approximate surface area is 171 Å². The van der Waals surface area contributed by atoms with E-state index in [0.29, 0.717) is 31.5 Å². The second-order valence-electron chi connectivity index (χ2n) is 8.21. The van der Waals surface area contributed by atoms with Crippen molar-refractivity contribution in [3.8, 4) is 0 Å². The molecule has 6 heteroatoms. The summed E-state index contributed by atoms with van der Waals surface area (Å²) in [5.74, 6) is 0.785. The van der Waals surface area contributed by atoms with E-state index in [1.54, 1.807) is 12.4 Å². The topological polar surface area (TPSA) is 72.1 Å². The Morgan fingerprint density at radius 3 is 2.68 bits per heavy atom.